The second-order valence-electron chi connectivity index (χ2n) is 15.6. The molecule has 302 valence electrons. The van der Waals surface area contributed by atoms with E-state index in [2.05, 4.69) is 30.6 Å². The van der Waals surface area contributed by atoms with E-state index in [4.69, 9.17) is 21.6 Å². The molecule has 1 atom stereocenters. The molecule has 5 amide bonds. The minimum atomic E-state index is -1.10. The van der Waals surface area contributed by atoms with Crippen molar-refractivity contribution in [2.24, 2.45) is 5.92 Å². The van der Waals surface area contributed by atoms with Crippen molar-refractivity contribution in [2.75, 3.05) is 55.6 Å². The standard InChI is InChI=1S/C41H43ClFN9O6/c42-31-19-28(4-1-25(31)22-44)58-27-5-2-26(3-6-27)45-38(54)33-7-9-36(48-47-33)51-13-11-24(12-14-51)23-49-15-17-50(18-16-49)35-21-30-29(20-32(35)43)40(56)52(41(30)57)34-8-10-37(53)46-39(34)55/h1,4,7,9,19-21,24,26-27,34H,2-3,5-6,8,10-18,23H2,(H,45,54)(H,46,53,55)/t26?,27?,34-/m1/s1. The molecule has 5 heterocycles. The van der Waals surface area contributed by atoms with Crippen LogP contribution in [-0.2, 0) is 9.59 Å². The highest BCUT2D eigenvalue weighted by atomic mass is 35.5. The highest BCUT2D eigenvalue weighted by molar-refractivity contribution is 6.31. The minimum Gasteiger partial charge on any atom is -0.490 e. The van der Waals surface area contributed by atoms with Gasteiger partial charge in [0.05, 0.1) is 33.5 Å². The van der Waals surface area contributed by atoms with Gasteiger partial charge in [-0.3, -0.25) is 39.1 Å². The van der Waals surface area contributed by atoms with Crippen molar-refractivity contribution in [2.45, 2.75) is 69.6 Å². The number of halogens is 2. The monoisotopic (exact) mass is 811 g/mol. The zero-order chi connectivity index (χ0) is 40.5. The first-order chi connectivity index (χ1) is 28.0. The molecule has 2 N–H and O–H groups in total. The Hall–Kier alpha value is -5.66. The Kier molecular flexibility index (Phi) is 11.3. The zero-order valence-corrected chi connectivity index (χ0v) is 32.5. The number of carbonyl (C=O) groups excluding carboxylic acids is 5. The van der Waals surface area contributed by atoms with Crippen LogP contribution in [0.5, 0.6) is 5.75 Å². The predicted octanol–water partition coefficient (Wildman–Crippen LogP) is 3.70. The quantitative estimate of drug-likeness (QED) is 0.300. The maximum absolute atomic E-state index is 15.4. The number of piperidine rings is 2. The second kappa shape index (κ2) is 16.7. The lowest BCUT2D eigenvalue weighted by molar-refractivity contribution is -0.136. The summed E-state index contributed by atoms with van der Waals surface area (Å²) in [5.74, 6) is -1.55. The molecule has 5 aliphatic rings. The first-order valence-electron chi connectivity index (χ1n) is 19.8. The second-order valence-corrected chi connectivity index (χ2v) is 16.0. The first-order valence-corrected chi connectivity index (χ1v) is 20.2. The number of aromatic nitrogens is 2. The third-order valence-electron chi connectivity index (χ3n) is 11.9. The lowest BCUT2D eigenvalue weighted by atomic mass is 9.93. The van der Waals surface area contributed by atoms with Crippen LogP contribution in [-0.4, -0.2) is 114 Å². The molecule has 3 aromatic rings. The van der Waals surface area contributed by atoms with Crippen LogP contribution < -0.4 is 25.2 Å². The fraction of sp³-hybridized carbons (Fsp3) is 0.463. The molecule has 0 unspecified atom stereocenters. The molecule has 1 aromatic heterocycles. The molecule has 15 nitrogen and oxygen atoms in total. The van der Waals surface area contributed by atoms with Gasteiger partial charge in [0.15, 0.2) is 11.5 Å². The SMILES string of the molecule is N#Cc1ccc(OC2CCC(NC(=O)c3ccc(N4CCC(CN5CCN(c6cc7c(cc6F)C(=O)N([C@@H]6CCC(=O)NC6=O)C7=O)CC5)CC4)nn3)CC2)cc1Cl. The van der Waals surface area contributed by atoms with Gasteiger partial charge in [-0.05, 0) is 87.3 Å². The molecule has 1 saturated carbocycles. The predicted molar refractivity (Wildman–Crippen MR) is 209 cm³/mol. The minimum absolute atomic E-state index is 0.00529. The highest BCUT2D eigenvalue weighted by Crippen LogP contribution is 2.34. The zero-order valence-electron chi connectivity index (χ0n) is 31.8. The molecule has 2 aromatic carbocycles. The van der Waals surface area contributed by atoms with Crippen molar-refractivity contribution in [3.63, 3.8) is 0 Å². The summed E-state index contributed by atoms with van der Waals surface area (Å²) in [6.45, 7) is 5.06. The average molecular weight is 812 g/mol. The summed E-state index contributed by atoms with van der Waals surface area (Å²) in [6, 6.07) is 12.1. The number of hydrogen-bond donors (Lipinski definition) is 2. The van der Waals surface area contributed by atoms with Crippen LogP contribution in [0.3, 0.4) is 0 Å². The van der Waals surface area contributed by atoms with Gasteiger partial charge >= 0.3 is 0 Å². The fourth-order valence-corrected chi connectivity index (χ4v) is 8.87. The van der Waals surface area contributed by atoms with E-state index in [1.54, 1.807) is 24.3 Å². The van der Waals surface area contributed by atoms with Gasteiger partial charge in [-0.25, -0.2) is 4.39 Å². The number of anilines is 2. The lowest BCUT2D eigenvalue weighted by Crippen LogP contribution is -2.54. The molecule has 58 heavy (non-hydrogen) atoms. The number of nitrogens with one attached hydrogen (secondary N) is 2. The Bertz CT molecular complexity index is 2160. The number of carbonyl (C=O) groups is 5. The maximum atomic E-state index is 15.4. The summed E-state index contributed by atoms with van der Waals surface area (Å²) in [4.78, 5) is 70.7. The van der Waals surface area contributed by atoms with Gasteiger partial charge in [-0.15, -0.1) is 10.2 Å². The van der Waals surface area contributed by atoms with Crippen molar-refractivity contribution >= 4 is 52.6 Å². The summed E-state index contributed by atoms with van der Waals surface area (Å²) < 4.78 is 21.5. The number of piperazine rings is 1. The number of ether oxygens (including phenoxy) is 1. The summed E-state index contributed by atoms with van der Waals surface area (Å²) >= 11 is 6.14. The highest BCUT2D eigenvalue weighted by Gasteiger charge is 2.45. The molecule has 3 saturated heterocycles. The topological polar surface area (TPSA) is 181 Å². The third kappa shape index (κ3) is 8.19. The van der Waals surface area contributed by atoms with Crippen molar-refractivity contribution in [3.8, 4) is 11.8 Å². The summed E-state index contributed by atoms with van der Waals surface area (Å²) in [5.41, 5.74) is 0.931. The van der Waals surface area contributed by atoms with E-state index in [1.807, 2.05) is 17.0 Å². The van der Waals surface area contributed by atoms with Crippen LogP contribution in [0.1, 0.15) is 88.1 Å². The first kappa shape index (κ1) is 39.2. The average Bonchev–Trinajstić information content (AvgIpc) is 3.46. The Balaban J connectivity index is 0.764. The molecule has 8 rings (SSSR count). The van der Waals surface area contributed by atoms with Crippen molar-refractivity contribution in [1.29, 1.82) is 5.26 Å². The number of amides is 5. The number of rotatable bonds is 9. The van der Waals surface area contributed by atoms with Gasteiger partial charge in [0.2, 0.25) is 11.8 Å². The number of benzene rings is 2. The van der Waals surface area contributed by atoms with Gasteiger partial charge in [-0.2, -0.15) is 5.26 Å². The van der Waals surface area contributed by atoms with E-state index >= 15 is 4.39 Å². The van der Waals surface area contributed by atoms with Gasteiger partial charge in [0, 0.05) is 64.3 Å². The van der Waals surface area contributed by atoms with Gasteiger partial charge in [0.1, 0.15) is 23.7 Å². The molecule has 4 fully saturated rings. The largest absolute Gasteiger partial charge is 0.490 e. The molecule has 4 aliphatic heterocycles. The fourth-order valence-electron chi connectivity index (χ4n) is 8.65. The summed E-state index contributed by atoms with van der Waals surface area (Å²) in [5, 5.41) is 23.4. The number of fused-ring (bicyclic) bond motifs is 1. The van der Waals surface area contributed by atoms with Crippen LogP contribution >= 0.6 is 11.6 Å². The Labute approximate surface area is 339 Å². The number of nitriles is 1. The lowest BCUT2D eigenvalue weighted by Gasteiger charge is -2.39. The number of hydrogen-bond acceptors (Lipinski definition) is 12. The van der Waals surface area contributed by atoms with E-state index in [-0.39, 0.29) is 53.4 Å². The molecule has 0 radical (unpaired) electrons. The van der Waals surface area contributed by atoms with Gasteiger partial charge in [0.25, 0.3) is 17.7 Å². The molecule has 17 heteroatoms. The van der Waals surface area contributed by atoms with Crippen LogP contribution in [0, 0.1) is 23.1 Å². The Morgan fingerprint density at radius 3 is 2.26 bits per heavy atom. The smallest absolute Gasteiger partial charge is 0.272 e. The van der Waals surface area contributed by atoms with E-state index in [9.17, 15) is 24.0 Å². The van der Waals surface area contributed by atoms with Crippen LogP contribution in [0.15, 0.2) is 42.5 Å². The van der Waals surface area contributed by atoms with Crippen LogP contribution in [0.25, 0.3) is 0 Å². The van der Waals surface area contributed by atoms with E-state index in [1.165, 1.54) is 6.07 Å². The summed E-state index contributed by atoms with van der Waals surface area (Å²) in [6.07, 6.45) is 5.07. The molecular formula is C41H43ClFN9O6. The van der Waals surface area contributed by atoms with Crippen molar-refractivity contribution in [1.82, 2.24) is 30.6 Å². The van der Waals surface area contributed by atoms with Crippen molar-refractivity contribution < 1.29 is 33.1 Å². The van der Waals surface area contributed by atoms with E-state index in [0.29, 0.717) is 48.4 Å². The Morgan fingerprint density at radius 1 is 0.879 bits per heavy atom. The summed E-state index contributed by atoms with van der Waals surface area (Å²) in [7, 11) is 0. The van der Waals surface area contributed by atoms with Crippen molar-refractivity contribution in [3.05, 3.63) is 75.7 Å². The Morgan fingerprint density at radius 2 is 1.60 bits per heavy atom. The third-order valence-corrected chi connectivity index (χ3v) is 12.2. The maximum Gasteiger partial charge on any atom is 0.272 e. The molecular weight excluding hydrogens is 769 g/mol. The van der Waals surface area contributed by atoms with E-state index in [0.717, 1.165) is 74.9 Å². The van der Waals surface area contributed by atoms with E-state index < -0.39 is 35.5 Å². The van der Waals surface area contributed by atoms with Crippen LogP contribution in [0.2, 0.25) is 5.02 Å². The van der Waals surface area contributed by atoms with Gasteiger partial charge in [-0.1, -0.05) is 11.6 Å². The number of imide groups is 2. The van der Waals surface area contributed by atoms with Gasteiger partial charge < -0.3 is 19.9 Å². The molecule has 1 aliphatic carbocycles. The van der Waals surface area contributed by atoms with Crippen LogP contribution in [0.4, 0.5) is 15.9 Å². The number of nitrogens with zero attached hydrogens (tertiary/aromatic N) is 7. The normalized spacial score (nSPS) is 23.1. The molecule has 0 bridgehead atoms. The molecule has 0 spiro atoms.